The second-order valence-electron chi connectivity index (χ2n) is 4.76. The van der Waals surface area contributed by atoms with Crippen molar-refractivity contribution in [3.63, 3.8) is 0 Å². The summed E-state index contributed by atoms with van der Waals surface area (Å²) in [5, 5.41) is 2.73. The molecule has 0 aliphatic rings. The third kappa shape index (κ3) is 4.85. The molecule has 0 unspecified atom stereocenters. The van der Waals surface area contributed by atoms with Gasteiger partial charge in [-0.05, 0) is 25.0 Å². The molecule has 0 aliphatic carbocycles. The molecule has 0 aromatic heterocycles. The van der Waals surface area contributed by atoms with Crippen LogP contribution in [-0.2, 0) is 14.8 Å². The second kappa shape index (κ2) is 7.28. The zero-order valence-corrected chi connectivity index (χ0v) is 13.0. The molecule has 1 aromatic rings. The number of carbonyl (C=O) groups excluding carboxylic acids is 1. The van der Waals surface area contributed by atoms with Crippen LogP contribution in [0.1, 0.15) is 25.3 Å². The van der Waals surface area contributed by atoms with Crippen LogP contribution in [0.25, 0.3) is 0 Å². The second-order valence-corrected chi connectivity index (χ2v) is 6.67. The molecule has 1 N–H and O–H groups in total. The summed E-state index contributed by atoms with van der Waals surface area (Å²) in [4.78, 5) is 11.8. The Morgan fingerprint density at radius 3 is 2.50 bits per heavy atom. The number of amides is 1. The molecule has 112 valence electrons. The van der Waals surface area contributed by atoms with Crippen LogP contribution in [0, 0.1) is 6.92 Å². The zero-order chi connectivity index (χ0) is 15.2. The van der Waals surface area contributed by atoms with Crippen molar-refractivity contribution in [1.82, 2.24) is 5.32 Å². The minimum Gasteiger partial charge on any atom is -0.355 e. The van der Waals surface area contributed by atoms with Gasteiger partial charge in [-0.1, -0.05) is 31.5 Å². The fraction of sp³-hybridized carbons (Fsp3) is 0.500. The molecule has 0 bridgehead atoms. The molecule has 0 fully saturated rings. The van der Waals surface area contributed by atoms with Gasteiger partial charge in [-0.2, -0.15) is 0 Å². The molecule has 20 heavy (non-hydrogen) atoms. The highest BCUT2D eigenvalue weighted by atomic mass is 32.2. The maximum absolute atomic E-state index is 11.9. The molecule has 0 radical (unpaired) electrons. The van der Waals surface area contributed by atoms with E-state index in [0.717, 1.165) is 29.0 Å². The lowest BCUT2D eigenvalue weighted by atomic mass is 10.2. The van der Waals surface area contributed by atoms with E-state index < -0.39 is 10.0 Å². The molecule has 6 heteroatoms. The average molecular weight is 298 g/mol. The quantitative estimate of drug-likeness (QED) is 0.779. The van der Waals surface area contributed by atoms with Crippen LogP contribution in [0.4, 0.5) is 5.69 Å². The largest absolute Gasteiger partial charge is 0.355 e. The fourth-order valence-corrected chi connectivity index (χ4v) is 2.73. The Balaban J connectivity index is 2.88. The van der Waals surface area contributed by atoms with Gasteiger partial charge in [0, 0.05) is 6.54 Å². The molecular weight excluding hydrogens is 276 g/mol. The number of nitrogens with one attached hydrogen (secondary N) is 1. The normalized spacial score (nSPS) is 11.2. The van der Waals surface area contributed by atoms with Crippen molar-refractivity contribution in [2.24, 2.45) is 0 Å². The van der Waals surface area contributed by atoms with Crippen LogP contribution in [0.5, 0.6) is 0 Å². The number of anilines is 1. The Labute approximate surface area is 121 Å². The number of carbonyl (C=O) groups is 1. The highest BCUT2D eigenvalue weighted by molar-refractivity contribution is 7.92. The maximum Gasteiger partial charge on any atom is 0.240 e. The van der Waals surface area contributed by atoms with Crippen LogP contribution >= 0.6 is 0 Å². The van der Waals surface area contributed by atoms with Crippen molar-refractivity contribution in [2.75, 3.05) is 23.7 Å². The first-order valence-electron chi connectivity index (χ1n) is 6.66. The zero-order valence-electron chi connectivity index (χ0n) is 12.2. The van der Waals surface area contributed by atoms with Crippen molar-refractivity contribution in [3.8, 4) is 0 Å². The van der Waals surface area contributed by atoms with Crippen molar-refractivity contribution >= 4 is 21.6 Å². The minimum atomic E-state index is -3.49. The molecule has 0 aliphatic heterocycles. The molecule has 1 rings (SSSR count). The van der Waals surface area contributed by atoms with Gasteiger partial charge < -0.3 is 5.32 Å². The molecular formula is C14H22N2O3S. The van der Waals surface area contributed by atoms with Crippen LogP contribution in [0.3, 0.4) is 0 Å². The monoisotopic (exact) mass is 298 g/mol. The van der Waals surface area contributed by atoms with E-state index in [0.29, 0.717) is 12.2 Å². The Bertz CT molecular complexity index is 555. The summed E-state index contributed by atoms with van der Waals surface area (Å²) >= 11 is 0. The summed E-state index contributed by atoms with van der Waals surface area (Å²) in [5.41, 5.74) is 1.36. The van der Waals surface area contributed by atoms with Crippen LogP contribution in [0.15, 0.2) is 24.3 Å². The van der Waals surface area contributed by atoms with E-state index in [1.54, 1.807) is 12.1 Å². The van der Waals surface area contributed by atoms with Crippen LogP contribution < -0.4 is 9.62 Å². The molecule has 5 nitrogen and oxygen atoms in total. The van der Waals surface area contributed by atoms with Gasteiger partial charge in [0.25, 0.3) is 0 Å². The molecule has 0 saturated carbocycles. The number of hydrogen-bond donors (Lipinski definition) is 1. The number of nitrogens with zero attached hydrogens (tertiary/aromatic N) is 1. The number of aryl methyl sites for hydroxylation is 1. The van der Waals surface area contributed by atoms with Crippen LogP contribution in [0.2, 0.25) is 0 Å². The van der Waals surface area contributed by atoms with E-state index in [4.69, 9.17) is 0 Å². The third-order valence-corrected chi connectivity index (χ3v) is 4.05. The fourth-order valence-electron chi connectivity index (χ4n) is 1.82. The summed E-state index contributed by atoms with van der Waals surface area (Å²) in [6.07, 6.45) is 2.97. The molecule has 0 saturated heterocycles. The SMILES string of the molecule is CCCCNC(=O)CN(c1ccccc1C)S(C)(=O)=O. The molecule has 1 amide bonds. The van der Waals surface area contributed by atoms with Gasteiger partial charge in [-0.15, -0.1) is 0 Å². The van der Waals surface area contributed by atoms with Crippen molar-refractivity contribution in [3.05, 3.63) is 29.8 Å². The van der Waals surface area contributed by atoms with E-state index in [1.807, 2.05) is 26.0 Å². The third-order valence-electron chi connectivity index (χ3n) is 2.92. The summed E-state index contributed by atoms with van der Waals surface area (Å²) in [6.45, 7) is 4.24. The number of unbranched alkanes of at least 4 members (excludes halogenated alkanes) is 1. The first kappa shape index (κ1) is 16.5. The van der Waals surface area contributed by atoms with E-state index in [-0.39, 0.29) is 12.5 Å². The van der Waals surface area contributed by atoms with E-state index in [1.165, 1.54) is 0 Å². The summed E-state index contributed by atoms with van der Waals surface area (Å²) in [7, 11) is -3.49. The number of para-hydroxylation sites is 1. The summed E-state index contributed by atoms with van der Waals surface area (Å²) in [6, 6.07) is 7.12. The van der Waals surface area contributed by atoms with Crippen molar-refractivity contribution in [2.45, 2.75) is 26.7 Å². The number of rotatable bonds is 7. The predicted molar refractivity (Wildman–Crippen MR) is 81.3 cm³/mol. The molecule has 0 heterocycles. The molecule has 1 aromatic carbocycles. The van der Waals surface area contributed by atoms with E-state index in [9.17, 15) is 13.2 Å². The highest BCUT2D eigenvalue weighted by Gasteiger charge is 2.21. The molecule has 0 atom stereocenters. The van der Waals surface area contributed by atoms with Gasteiger partial charge in [-0.25, -0.2) is 8.42 Å². The smallest absolute Gasteiger partial charge is 0.240 e. The summed E-state index contributed by atoms with van der Waals surface area (Å²) < 4.78 is 24.9. The number of sulfonamides is 1. The number of benzene rings is 1. The lowest BCUT2D eigenvalue weighted by molar-refractivity contribution is -0.119. The van der Waals surface area contributed by atoms with Crippen LogP contribution in [-0.4, -0.2) is 33.7 Å². The predicted octanol–water partition coefficient (Wildman–Crippen LogP) is 1.68. The first-order valence-corrected chi connectivity index (χ1v) is 8.51. The maximum atomic E-state index is 11.9. The van der Waals surface area contributed by atoms with Gasteiger partial charge in [0.05, 0.1) is 11.9 Å². The van der Waals surface area contributed by atoms with Gasteiger partial charge in [0.15, 0.2) is 0 Å². The highest BCUT2D eigenvalue weighted by Crippen LogP contribution is 2.21. The average Bonchev–Trinajstić information content (AvgIpc) is 2.36. The van der Waals surface area contributed by atoms with Gasteiger partial charge in [-0.3, -0.25) is 9.10 Å². The minimum absolute atomic E-state index is 0.187. The van der Waals surface area contributed by atoms with Gasteiger partial charge >= 0.3 is 0 Å². The number of hydrogen-bond acceptors (Lipinski definition) is 3. The van der Waals surface area contributed by atoms with Crippen molar-refractivity contribution in [1.29, 1.82) is 0 Å². The molecule has 0 spiro atoms. The Kier molecular flexibility index (Phi) is 6.01. The van der Waals surface area contributed by atoms with Gasteiger partial charge in [0.1, 0.15) is 6.54 Å². The lowest BCUT2D eigenvalue weighted by Gasteiger charge is -2.23. The van der Waals surface area contributed by atoms with Gasteiger partial charge in [0.2, 0.25) is 15.9 Å². The van der Waals surface area contributed by atoms with Crippen molar-refractivity contribution < 1.29 is 13.2 Å². The Morgan fingerprint density at radius 1 is 1.30 bits per heavy atom. The Morgan fingerprint density at radius 2 is 1.95 bits per heavy atom. The van der Waals surface area contributed by atoms with E-state index >= 15 is 0 Å². The summed E-state index contributed by atoms with van der Waals surface area (Å²) in [5.74, 6) is -0.285. The standard InChI is InChI=1S/C14H22N2O3S/c1-4-5-10-15-14(17)11-16(20(3,18)19)13-9-7-6-8-12(13)2/h6-9H,4-5,10-11H2,1-3H3,(H,15,17). The Hall–Kier alpha value is -1.56. The topological polar surface area (TPSA) is 66.5 Å². The van der Waals surface area contributed by atoms with E-state index in [2.05, 4.69) is 5.32 Å². The lowest BCUT2D eigenvalue weighted by Crippen LogP contribution is -2.40. The first-order chi connectivity index (χ1) is 9.36.